The summed E-state index contributed by atoms with van der Waals surface area (Å²) in [6, 6.07) is 11.6. The Balaban J connectivity index is 1.64. The lowest BCUT2D eigenvalue weighted by Gasteiger charge is -2.22. The number of H-pyrrole nitrogens is 1. The fourth-order valence-electron chi connectivity index (χ4n) is 4.44. The van der Waals surface area contributed by atoms with E-state index in [4.69, 9.17) is 15.6 Å². The van der Waals surface area contributed by atoms with Crippen molar-refractivity contribution in [1.82, 2.24) is 19.7 Å². The van der Waals surface area contributed by atoms with E-state index in [1.807, 2.05) is 69.2 Å². The predicted molar refractivity (Wildman–Crippen MR) is 142 cm³/mol. The third-order valence-electron chi connectivity index (χ3n) is 6.24. The van der Waals surface area contributed by atoms with Gasteiger partial charge in [-0.25, -0.2) is 4.68 Å². The van der Waals surface area contributed by atoms with Crippen LogP contribution in [0, 0.1) is 13.8 Å². The summed E-state index contributed by atoms with van der Waals surface area (Å²) in [5.41, 5.74) is 12.3. The van der Waals surface area contributed by atoms with E-state index < -0.39 is 0 Å². The number of aryl methyl sites for hydroxylation is 2. The van der Waals surface area contributed by atoms with Gasteiger partial charge >= 0.3 is 0 Å². The molecule has 0 fully saturated rings. The summed E-state index contributed by atoms with van der Waals surface area (Å²) < 4.78 is 7.56. The summed E-state index contributed by atoms with van der Waals surface area (Å²) in [7, 11) is 3.87. The number of nitrogens with two attached hydrogens (primary N) is 1. The Labute approximate surface area is 208 Å². The minimum Gasteiger partial charge on any atom is -0.473 e. The molecular weight excluding hydrogens is 456 g/mol. The number of nitrogens with one attached hydrogen (secondary N) is 2. The van der Waals surface area contributed by atoms with E-state index >= 15 is 0 Å². The number of nitrogen functional groups attached to an aromatic ring is 1. The average molecular weight is 485 g/mol. The highest BCUT2D eigenvalue weighted by Gasteiger charge is 2.28. The van der Waals surface area contributed by atoms with Gasteiger partial charge in [0.15, 0.2) is 0 Å². The first-order valence-corrected chi connectivity index (χ1v) is 11.6. The van der Waals surface area contributed by atoms with Crippen LogP contribution in [-0.4, -0.2) is 46.2 Å². The molecule has 2 aromatic heterocycles. The van der Waals surface area contributed by atoms with Crippen molar-refractivity contribution in [1.29, 1.82) is 0 Å². The van der Waals surface area contributed by atoms with E-state index in [0.717, 1.165) is 27.9 Å². The van der Waals surface area contributed by atoms with Crippen molar-refractivity contribution in [3.63, 3.8) is 0 Å². The van der Waals surface area contributed by atoms with E-state index in [2.05, 4.69) is 10.3 Å². The van der Waals surface area contributed by atoms with E-state index in [0.29, 0.717) is 34.6 Å². The number of aromatic nitrogens is 3. The topological polar surface area (TPSA) is 118 Å². The van der Waals surface area contributed by atoms with Gasteiger partial charge in [-0.2, -0.15) is 5.10 Å². The Hall–Kier alpha value is -4.37. The number of hydrogen-bond donors (Lipinski definition) is 3. The molecule has 0 bridgehead atoms. The minimum atomic E-state index is -0.364. The molecular formula is C27H28N6O3. The minimum absolute atomic E-state index is 0.189. The van der Waals surface area contributed by atoms with Crippen LogP contribution in [-0.2, 0) is 11.4 Å². The predicted octanol–water partition coefficient (Wildman–Crippen LogP) is 3.53. The number of benzene rings is 2. The van der Waals surface area contributed by atoms with Gasteiger partial charge in [-0.1, -0.05) is 30.3 Å². The molecule has 9 heteroatoms. The third kappa shape index (κ3) is 4.03. The number of amides is 1. The van der Waals surface area contributed by atoms with Crippen LogP contribution in [0.25, 0.3) is 27.7 Å². The van der Waals surface area contributed by atoms with Crippen molar-refractivity contribution >= 4 is 28.3 Å². The third-order valence-corrected chi connectivity index (χ3v) is 6.24. The number of likely N-dealkylation sites (N-methyl/N-ethyl adjacent to an activating group) is 1. The normalized spacial score (nSPS) is 12.6. The molecule has 0 atom stereocenters. The molecule has 0 aliphatic carbocycles. The molecule has 0 unspecified atom stereocenters. The van der Waals surface area contributed by atoms with Gasteiger partial charge in [0, 0.05) is 23.9 Å². The lowest BCUT2D eigenvalue weighted by molar-refractivity contribution is -0.111. The number of pyridine rings is 1. The number of carbonyl (C=O) groups excluding carboxylic acids is 1. The lowest BCUT2D eigenvalue weighted by atomic mass is 9.96. The first-order chi connectivity index (χ1) is 17.2. The molecule has 2 aromatic carbocycles. The SMILES string of the molecule is Cc1ccc(C)c(-n2nc3c4c([nH]c(=O)c3c2N)OCc2c(NC(=O)/C=C/CN(C)C)cccc2-4)c1. The summed E-state index contributed by atoms with van der Waals surface area (Å²) >= 11 is 0. The van der Waals surface area contributed by atoms with E-state index in [1.165, 1.54) is 6.08 Å². The summed E-state index contributed by atoms with van der Waals surface area (Å²) in [5.74, 6) is 0.358. The molecule has 9 nitrogen and oxygen atoms in total. The number of anilines is 2. The van der Waals surface area contributed by atoms with Crippen LogP contribution in [0.5, 0.6) is 5.88 Å². The van der Waals surface area contributed by atoms with Crippen LogP contribution in [0.4, 0.5) is 11.5 Å². The van der Waals surface area contributed by atoms with Crippen molar-refractivity contribution in [2.45, 2.75) is 20.5 Å². The van der Waals surface area contributed by atoms with Gasteiger partial charge in [0.2, 0.25) is 11.8 Å². The van der Waals surface area contributed by atoms with E-state index in [9.17, 15) is 9.59 Å². The Kier molecular flexibility index (Phi) is 5.85. The second-order valence-corrected chi connectivity index (χ2v) is 9.24. The van der Waals surface area contributed by atoms with Crippen molar-refractivity contribution in [3.8, 4) is 22.7 Å². The van der Waals surface area contributed by atoms with E-state index in [1.54, 1.807) is 10.8 Å². The van der Waals surface area contributed by atoms with Crippen LogP contribution in [0.1, 0.15) is 16.7 Å². The van der Waals surface area contributed by atoms with Gasteiger partial charge in [0.1, 0.15) is 23.3 Å². The zero-order valence-corrected chi connectivity index (χ0v) is 20.7. The zero-order valence-electron chi connectivity index (χ0n) is 20.7. The quantitative estimate of drug-likeness (QED) is 0.373. The Bertz CT molecular complexity index is 1600. The highest BCUT2D eigenvalue weighted by Crippen LogP contribution is 2.43. The standard InChI is InChI=1S/C27H28N6O3/c1-15-10-11-16(2)20(13-15)33-25(28)23-24(31-33)22-17-7-5-8-19(29-21(34)9-6-12-32(3)4)18(17)14-36-27(22)30-26(23)35/h5-11,13H,12,14,28H2,1-4H3,(H,29,34)(H,30,35)/b9-6+. The highest BCUT2D eigenvalue weighted by molar-refractivity contribution is 6.04. The van der Waals surface area contributed by atoms with Crippen molar-refractivity contribution in [3.05, 3.63) is 75.6 Å². The summed E-state index contributed by atoms with van der Waals surface area (Å²) in [6.45, 7) is 4.81. The second-order valence-electron chi connectivity index (χ2n) is 9.24. The van der Waals surface area contributed by atoms with Crippen LogP contribution < -0.4 is 21.3 Å². The number of aromatic amines is 1. The first-order valence-electron chi connectivity index (χ1n) is 11.6. The van der Waals surface area contributed by atoms with Gasteiger partial charge in [-0.3, -0.25) is 14.6 Å². The second kappa shape index (κ2) is 9.01. The highest BCUT2D eigenvalue weighted by atomic mass is 16.5. The molecule has 0 radical (unpaired) electrons. The fraction of sp³-hybridized carbons (Fsp3) is 0.222. The van der Waals surface area contributed by atoms with Gasteiger partial charge in [0.05, 0.1) is 11.3 Å². The lowest BCUT2D eigenvalue weighted by Crippen LogP contribution is -2.17. The molecule has 0 spiro atoms. The molecule has 0 saturated heterocycles. The van der Waals surface area contributed by atoms with Crippen LogP contribution in [0.2, 0.25) is 0 Å². The number of nitrogens with zero attached hydrogens (tertiary/aromatic N) is 3. The molecule has 4 N–H and O–H groups in total. The molecule has 36 heavy (non-hydrogen) atoms. The molecule has 5 rings (SSSR count). The number of carbonyl (C=O) groups is 1. The van der Waals surface area contributed by atoms with Crippen LogP contribution in [0.15, 0.2) is 53.3 Å². The molecule has 3 heterocycles. The summed E-state index contributed by atoms with van der Waals surface area (Å²) in [6.07, 6.45) is 3.31. The molecule has 184 valence electrons. The van der Waals surface area contributed by atoms with E-state index in [-0.39, 0.29) is 23.9 Å². The Morgan fingerprint density at radius 1 is 1.28 bits per heavy atom. The number of rotatable bonds is 5. The summed E-state index contributed by atoms with van der Waals surface area (Å²) in [5, 5.41) is 8.04. The van der Waals surface area contributed by atoms with Crippen molar-refractivity contribution < 1.29 is 9.53 Å². The van der Waals surface area contributed by atoms with Crippen LogP contribution >= 0.6 is 0 Å². The maximum atomic E-state index is 13.0. The van der Waals surface area contributed by atoms with Crippen LogP contribution in [0.3, 0.4) is 0 Å². The molecule has 1 amide bonds. The van der Waals surface area contributed by atoms with Gasteiger partial charge in [-0.05, 0) is 56.8 Å². The van der Waals surface area contributed by atoms with Gasteiger partial charge in [0.25, 0.3) is 5.56 Å². The molecule has 4 aromatic rings. The smallest absolute Gasteiger partial charge is 0.264 e. The number of fused-ring (bicyclic) bond motifs is 5. The monoisotopic (exact) mass is 484 g/mol. The maximum absolute atomic E-state index is 13.0. The molecule has 0 saturated carbocycles. The zero-order chi connectivity index (χ0) is 25.6. The maximum Gasteiger partial charge on any atom is 0.264 e. The van der Waals surface area contributed by atoms with Gasteiger partial charge < -0.3 is 20.7 Å². The Morgan fingerprint density at radius 2 is 2.08 bits per heavy atom. The number of ether oxygens (including phenoxy) is 1. The first kappa shape index (κ1) is 23.4. The van der Waals surface area contributed by atoms with Crippen molar-refractivity contribution in [2.24, 2.45) is 0 Å². The van der Waals surface area contributed by atoms with Crippen molar-refractivity contribution in [2.75, 3.05) is 31.7 Å². The average Bonchev–Trinajstić information content (AvgIpc) is 3.17. The fourth-order valence-corrected chi connectivity index (χ4v) is 4.44. The van der Waals surface area contributed by atoms with Gasteiger partial charge in [-0.15, -0.1) is 0 Å². The molecule has 1 aliphatic heterocycles. The molecule has 1 aliphatic rings. The largest absolute Gasteiger partial charge is 0.473 e. The summed E-state index contributed by atoms with van der Waals surface area (Å²) in [4.78, 5) is 30.3. The number of hydrogen-bond acceptors (Lipinski definition) is 6. The Morgan fingerprint density at radius 3 is 2.86 bits per heavy atom.